The Balaban J connectivity index is 4.99. The van der Waals surface area contributed by atoms with Crippen LogP contribution in [0, 0.1) is 40.5 Å². The molecule has 0 aliphatic rings. The molecule has 0 aromatic heterocycles. The van der Waals surface area contributed by atoms with E-state index in [1.54, 1.807) is 0 Å². The predicted molar refractivity (Wildman–Crippen MR) is 49.8 cm³/mol. The number of hydrogen-bond donors (Lipinski definition) is 0. The van der Waals surface area contributed by atoms with Gasteiger partial charge in [0.05, 0.1) is 0 Å². The standard InChI is InChI=1S/C5H6N4O9/c10-4(3-6(11)12)1-2-5(7(13)14,8(15)16)9(17)18/h1-3H2. The van der Waals surface area contributed by atoms with E-state index >= 15 is 0 Å². The Morgan fingerprint density at radius 1 is 0.889 bits per heavy atom. The molecule has 0 saturated heterocycles. The molecule has 0 heterocycles. The SMILES string of the molecule is O=C(CCC([N+](=O)[O-])([N+](=O)[O-])[N+](=O)[O-])C[N+](=O)[O-]. The largest absolute Gasteiger partial charge is 0.700 e. The van der Waals surface area contributed by atoms with Gasteiger partial charge in [0.15, 0.2) is 21.2 Å². The second-order valence-electron chi connectivity index (χ2n) is 3.08. The van der Waals surface area contributed by atoms with Crippen molar-refractivity contribution in [3.63, 3.8) is 0 Å². The first-order chi connectivity index (χ1) is 8.14. The number of carbonyl (C=O) groups is 1. The molecule has 0 rings (SSSR count). The van der Waals surface area contributed by atoms with Crippen LogP contribution in [0.15, 0.2) is 0 Å². The lowest BCUT2D eigenvalue weighted by Crippen LogP contribution is -2.53. The van der Waals surface area contributed by atoms with Gasteiger partial charge >= 0.3 is 5.79 Å². The third kappa shape index (κ3) is 3.13. The van der Waals surface area contributed by atoms with Crippen molar-refractivity contribution in [3.8, 4) is 0 Å². The number of nitrogens with zero attached hydrogens (tertiary/aromatic N) is 4. The number of hydrogen-bond acceptors (Lipinski definition) is 9. The van der Waals surface area contributed by atoms with Crippen LogP contribution in [0.1, 0.15) is 12.8 Å². The Kier molecular flexibility index (Phi) is 4.71. The van der Waals surface area contributed by atoms with Crippen molar-refractivity contribution in [3.05, 3.63) is 40.5 Å². The zero-order chi connectivity index (χ0) is 14.5. The minimum atomic E-state index is -3.76. The van der Waals surface area contributed by atoms with Crippen molar-refractivity contribution in [2.45, 2.75) is 18.6 Å². The molecule has 0 saturated carbocycles. The Hall–Kier alpha value is -2.73. The van der Waals surface area contributed by atoms with E-state index in [0.717, 1.165) is 0 Å². The average Bonchev–Trinajstić information content (AvgIpc) is 2.15. The topological polar surface area (TPSA) is 190 Å². The van der Waals surface area contributed by atoms with Crippen LogP contribution in [0.25, 0.3) is 0 Å². The summed E-state index contributed by atoms with van der Waals surface area (Å²) in [5.41, 5.74) is 0. The summed E-state index contributed by atoms with van der Waals surface area (Å²) in [6.07, 6.45) is -2.36. The summed E-state index contributed by atoms with van der Waals surface area (Å²) in [5, 5.41) is 41.2. The third-order valence-corrected chi connectivity index (χ3v) is 1.92. The van der Waals surface area contributed by atoms with Crippen molar-refractivity contribution in [2.24, 2.45) is 0 Å². The minimum absolute atomic E-state index is 1.01. The highest BCUT2D eigenvalue weighted by atomic mass is 16.7. The molecule has 0 N–H and O–H groups in total. The van der Waals surface area contributed by atoms with Crippen molar-refractivity contribution < 1.29 is 24.5 Å². The van der Waals surface area contributed by atoms with Crippen molar-refractivity contribution in [1.29, 1.82) is 0 Å². The summed E-state index contributed by atoms with van der Waals surface area (Å²) < 4.78 is 0. The molecule has 0 fully saturated rings. The van der Waals surface area contributed by atoms with Crippen molar-refractivity contribution >= 4 is 5.78 Å². The van der Waals surface area contributed by atoms with E-state index in [1.807, 2.05) is 0 Å². The molecule has 0 amide bonds. The number of carbonyl (C=O) groups excluding carboxylic acids is 1. The minimum Gasteiger partial charge on any atom is -0.292 e. The molecule has 13 nitrogen and oxygen atoms in total. The number of ketones is 1. The van der Waals surface area contributed by atoms with Crippen LogP contribution in [0.5, 0.6) is 0 Å². The summed E-state index contributed by atoms with van der Waals surface area (Å²) in [6, 6.07) is 0. The highest BCUT2D eigenvalue weighted by molar-refractivity contribution is 5.79. The molecule has 0 spiro atoms. The first kappa shape index (κ1) is 15.3. The summed E-state index contributed by atoms with van der Waals surface area (Å²) in [6.45, 7) is -1.21. The molecule has 0 aromatic rings. The van der Waals surface area contributed by atoms with Crippen LogP contribution >= 0.6 is 0 Å². The molecule has 0 aromatic carbocycles. The molecule has 0 aliphatic heterocycles. The molecule has 0 unspecified atom stereocenters. The van der Waals surface area contributed by atoms with Gasteiger partial charge in [-0.25, -0.2) is 0 Å². The van der Waals surface area contributed by atoms with Gasteiger partial charge in [-0.3, -0.25) is 45.3 Å². The first-order valence-corrected chi connectivity index (χ1v) is 4.21. The normalized spacial score (nSPS) is 10.7. The van der Waals surface area contributed by atoms with E-state index in [-0.39, 0.29) is 0 Å². The van der Waals surface area contributed by atoms with Crippen LogP contribution in [-0.2, 0) is 4.79 Å². The van der Waals surface area contributed by atoms with Gasteiger partial charge in [0.1, 0.15) is 0 Å². The van der Waals surface area contributed by atoms with Crippen molar-refractivity contribution in [2.75, 3.05) is 6.54 Å². The maximum Gasteiger partial charge on any atom is 0.700 e. The summed E-state index contributed by atoms with van der Waals surface area (Å²) in [4.78, 5) is 45.7. The monoisotopic (exact) mass is 266 g/mol. The maximum atomic E-state index is 10.9. The van der Waals surface area contributed by atoms with Crippen LogP contribution in [0.2, 0.25) is 0 Å². The zero-order valence-electron chi connectivity index (χ0n) is 8.58. The van der Waals surface area contributed by atoms with Gasteiger partial charge in [0, 0.05) is 11.3 Å². The van der Waals surface area contributed by atoms with Gasteiger partial charge in [0.2, 0.25) is 5.78 Å². The van der Waals surface area contributed by atoms with Crippen LogP contribution in [-0.4, -0.2) is 37.8 Å². The quantitative estimate of drug-likeness (QED) is 0.304. The lowest BCUT2D eigenvalue weighted by Gasteiger charge is -2.07. The van der Waals surface area contributed by atoms with Gasteiger partial charge in [-0.1, -0.05) is 0 Å². The Morgan fingerprint density at radius 3 is 1.56 bits per heavy atom. The van der Waals surface area contributed by atoms with Gasteiger partial charge in [-0.05, 0) is 0 Å². The van der Waals surface area contributed by atoms with Crippen molar-refractivity contribution in [1.82, 2.24) is 0 Å². The Morgan fingerprint density at radius 2 is 1.28 bits per heavy atom. The molecule has 0 radical (unpaired) electrons. The molecule has 18 heavy (non-hydrogen) atoms. The highest BCUT2D eigenvalue weighted by Gasteiger charge is 2.69. The summed E-state index contributed by atoms with van der Waals surface area (Å²) in [5.74, 6) is -4.93. The number of rotatable bonds is 8. The molecule has 0 bridgehead atoms. The van der Waals surface area contributed by atoms with E-state index in [0.29, 0.717) is 0 Å². The van der Waals surface area contributed by atoms with E-state index in [4.69, 9.17) is 0 Å². The van der Waals surface area contributed by atoms with Crippen LogP contribution in [0.3, 0.4) is 0 Å². The third-order valence-electron chi connectivity index (χ3n) is 1.92. The van der Waals surface area contributed by atoms with Crippen LogP contribution in [0.4, 0.5) is 0 Å². The molecule has 100 valence electrons. The molecule has 13 heteroatoms. The second kappa shape index (κ2) is 5.55. The number of Topliss-reactive ketones (excluding diaryl/α,β-unsaturated/α-hetero) is 1. The van der Waals surface area contributed by atoms with Gasteiger partial charge in [0.25, 0.3) is 6.54 Å². The number of nitro groups is 4. The lowest BCUT2D eigenvalue weighted by atomic mass is 10.1. The predicted octanol–water partition coefficient (Wildman–Crippen LogP) is -0.904. The van der Waals surface area contributed by atoms with Gasteiger partial charge in [-0.15, -0.1) is 0 Å². The first-order valence-electron chi connectivity index (χ1n) is 4.21. The van der Waals surface area contributed by atoms with Gasteiger partial charge < -0.3 is 0 Å². The summed E-state index contributed by atoms with van der Waals surface area (Å²) in [7, 11) is 0. The fourth-order valence-corrected chi connectivity index (χ4v) is 1.00. The zero-order valence-corrected chi connectivity index (χ0v) is 8.58. The Labute approximate surface area is 97.0 Å². The second-order valence-corrected chi connectivity index (χ2v) is 3.08. The highest BCUT2D eigenvalue weighted by Crippen LogP contribution is 2.19. The summed E-state index contributed by atoms with van der Waals surface area (Å²) >= 11 is 0. The van der Waals surface area contributed by atoms with Gasteiger partial charge in [-0.2, -0.15) is 0 Å². The van der Waals surface area contributed by atoms with Crippen LogP contribution < -0.4 is 0 Å². The lowest BCUT2D eigenvalue weighted by molar-refractivity contribution is -0.970. The molecular weight excluding hydrogens is 260 g/mol. The molecule has 0 aliphatic carbocycles. The molecular formula is C5H6N4O9. The van der Waals surface area contributed by atoms with E-state index in [1.165, 1.54) is 0 Å². The molecule has 0 atom stereocenters. The van der Waals surface area contributed by atoms with E-state index in [9.17, 15) is 45.3 Å². The average molecular weight is 266 g/mol. The smallest absolute Gasteiger partial charge is 0.292 e. The van der Waals surface area contributed by atoms with E-state index < -0.39 is 50.6 Å². The fourth-order valence-electron chi connectivity index (χ4n) is 1.00. The van der Waals surface area contributed by atoms with E-state index in [2.05, 4.69) is 0 Å². The maximum absolute atomic E-state index is 10.9. The Bertz CT molecular complexity index is 381. The fraction of sp³-hybridized carbons (Fsp3) is 0.800.